The van der Waals surface area contributed by atoms with Gasteiger partial charge in [0.1, 0.15) is 0 Å². The third-order valence-corrected chi connectivity index (χ3v) is 2.77. The van der Waals surface area contributed by atoms with E-state index < -0.39 is 10.8 Å². The number of ether oxygens (including phenoxy) is 1. The lowest BCUT2D eigenvalue weighted by Crippen LogP contribution is -2.44. The summed E-state index contributed by atoms with van der Waals surface area (Å²) < 4.78 is 4.76. The summed E-state index contributed by atoms with van der Waals surface area (Å²) in [7, 11) is 0. The molecular formula is C9H13ClO3. The summed E-state index contributed by atoms with van der Waals surface area (Å²) in [4.78, 5) is 21.4. The van der Waals surface area contributed by atoms with Crippen LogP contribution >= 0.6 is 11.6 Å². The minimum Gasteiger partial charge on any atom is -0.464 e. The second-order valence-corrected chi connectivity index (χ2v) is 3.80. The van der Waals surface area contributed by atoms with E-state index in [1.165, 1.54) is 0 Å². The van der Waals surface area contributed by atoms with E-state index in [4.69, 9.17) is 16.3 Å². The summed E-state index contributed by atoms with van der Waals surface area (Å²) in [5.41, 5.74) is 0. The lowest BCUT2D eigenvalue weighted by molar-refractivity contribution is -0.150. The molecule has 0 N–H and O–H groups in total. The van der Waals surface area contributed by atoms with Crippen LogP contribution in [0.15, 0.2) is 0 Å². The molecule has 0 aliphatic heterocycles. The topological polar surface area (TPSA) is 43.4 Å². The summed E-state index contributed by atoms with van der Waals surface area (Å²) >= 11 is 5.93. The van der Waals surface area contributed by atoms with E-state index in [1.54, 1.807) is 6.92 Å². The summed E-state index contributed by atoms with van der Waals surface area (Å²) in [5, 5.41) is 0. The second kappa shape index (κ2) is 4.09. The van der Waals surface area contributed by atoms with Crippen LogP contribution in [0.1, 0.15) is 32.6 Å². The lowest BCUT2D eigenvalue weighted by Gasteiger charge is -2.26. The quantitative estimate of drug-likeness (QED) is 0.391. The highest BCUT2D eigenvalue weighted by atomic mass is 35.5. The Morgan fingerprint density at radius 1 is 1.62 bits per heavy atom. The van der Waals surface area contributed by atoms with E-state index in [2.05, 4.69) is 0 Å². The summed E-state index contributed by atoms with van der Waals surface area (Å²) in [6.45, 7) is 1.96. The Bertz CT molecular complexity index is 227. The zero-order valence-corrected chi connectivity index (χ0v) is 8.39. The van der Waals surface area contributed by atoms with Crippen LogP contribution < -0.4 is 0 Å². The van der Waals surface area contributed by atoms with Gasteiger partial charge in [-0.25, -0.2) is 4.79 Å². The van der Waals surface area contributed by atoms with Crippen molar-refractivity contribution >= 4 is 23.4 Å². The minimum atomic E-state index is -1.38. The van der Waals surface area contributed by atoms with E-state index in [9.17, 15) is 9.59 Å². The van der Waals surface area contributed by atoms with Crippen molar-refractivity contribution in [1.82, 2.24) is 0 Å². The molecule has 4 heteroatoms. The Kier molecular flexibility index (Phi) is 3.31. The highest BCUT2D eigenvalue weighted by Gasteiger charge is 2.46. The maximum Gasteiger partial charge on any atom is 0.334 e. The third kappa shape index (κ3) is 2.02. The first-order chi connectivity index (χ1) is 6.11. The molecule has 1 saturated carbocycles. The first-order valence-corrected chi connectivity index (χ1v) is 4.88. The lowest BCUT2D eigenvalue weighted by atomic mass is 9.87. The molecular weight excluding hydrogens is 192 g/mol. The normalized spacial score (nSPS) is 28.6. The SMILES string of the molecule is CCOC(=O)[C@]1(Cl)CCCCC1=O. The predicted octanol–water partition coefficient (Wildman–Crippen LogP) is 1.67. The van der Waals surface area contributed by atoms with Gasteiger partial charge < -0.3 is 4.74 Å². The molecule has 0 amide bonds. The number of hydrogen-bond donors (Lipinski definition) is 0. The predicted molar refractivity (Wildman–Crippen MR) is 48.7 cm³/mol. The molecule has 0 aromatic heterocycles. The van der Waals surface area contributed by atoms with Gasteiger partial charge in [-0.2, -0.15) is 0 Å². The summed E-state index contributed by atoms with van der Waals surface area (Å²) in [6, 6.07) is 0. The standard InChI is InChI=1S/C9H13ClO3/c1-2-13-8(12)9(10)6-4-3-5-7(9)11/h2-6H2,1H3/t9-/m0/s1. The largest absolute Gasteiger partial charge is 0.464 e. The minimum absolute atomic E-state index is 0.195. The molecule has 0 aromatic carbocycles. The Morgan fingerprint density at radius 3 is 2.85 bits per heavy atom. The molecule has 3 nitrogen and oxygen atoms in total. The summed E-state index contributed by atoms with van der Waals surface area (Å²) in [5.74, 6) is -0.778. The molecule has 0 unspecified atom stereocenters. The molecule has 1 rings (SSSR count). The van der Waals surface area contributed by atoms with Crippen molar-refractivity contribution in [3.63, 3.8) is 0 Å². The molecule has 1 aliphatic rings. The van der Waals surface area contributed by atoms with E-state index in [0.29, 0.717) is 12.8 Å². The molecule has 0 aromatic rings. The Labute approximate surface area is 82.4 Å². The van der Waals surface area contributed by atoms with Crippen LogP contribution in [0.2, 0.25) is 0 Å². The van der Waals surface area contributed by atoms with Crippen molar-refractivity contribution in [1.29, 1.82) is 0 Å². The van der Waals surface area contributed by atoms with Crippen LogP contribution in [0, 0.1) is 0 Å². The van der Waals surface area contributed by atoms with Crippen LogP contribution in [0.4, 0.5) is 0 Å². The van der Waals surface area contributed by atoms with Gasteiger partial charge in [-0.3, -0.25) is 4.79 Å². The molecule has 13 heavy (non-hydrogen) atoms. The number of carbonyl (C=O) groups is 2. The van der Waals surface area contributed by atoms with Crippen molar-refractivity contribution in [2.24, 2.45) is 0 Å². The Morgan fingerprint density at radius 2 is 2.31 bits per heavy atom. The molecule has 1 fully saturated rings. The maximum atomic E-state index is 11.4. The van der Waals surface area contributed by atoms with Gasteiger partial charge in [-0.05, 0) is 19.8 Å². The van der Waals surface area contributed by atoms with Gasteiger partial charge >= 0.3 is 5.97 Å². The monoisotopic (exact) mass is 204 g/mol. The fourth-order valence-electron chi connectivity index (χ4n) is 1.45. The number of esters is 1. The van der Waals surface area contributed by atoms with Crippen LogP contribution in [-0.2, 0) is 14.3 Å². The molecule has 0 spiro atoms. The maximum absolute atomic E-state index is 11.4. The highest BCUT2D eigenvalue weighted by Crippen LogP contribution is 2.32. The molecule has 0 radical (unpaired) electrons. The number of rotatable bonds is 2. The molecule has 0 bridgehead atoms. The average molecular weight is 205 g/mol. The third-order valence-electron chi connectivity index (χ3n) is 2.22. The number of ketones is 1. The van der Waals surface area contributed by atoms with E-state index in [0.717, 1.165) is 12.8 Å². The van der Waals surface area contributed by atoms with E-state index >= 15 is 0 Å². The number of Topliss-reactive ketones (excluding diaryl/α,β-unsaturated/α-hetero) is 1. The second-order valence-electron chi connectivity index (χ2n) is 3.15. The highest BCUT2D eigenvalue weighted by molar-refractivity contribution is 6.45. The molecule has 74 valence electrons. The van der Waals surface area contributed by atoms with Crippen molar-refractivity contribution in [3.05, 3.63) is 0 Å². The van der Waals surface area contributed by atoms with Crippen molar-refractivity contribution < 1.29 is 14.3 Å². The fraction of sp³-hybridized carbons (Fsp3) is 0.778. The Balaban J connectivity index is 2.71. The van der Waals surface area contributed by atoms with Crippen LogP contribution in [0.5, 0.6) is 0 Å². The van der Waals surface area contributed by atoms with Gasteiger partial charge in [0.15, 0.2) is 10.7 Å². The van der Waals surface area contributed by atoms with E-state index in [1.807, 2.05) is 0 Å². The van der Waals surface area contributed by atoms with Crippen LogP contribution in [0.25, 0.3) is 0 Å². The van der Waals surface area contributed by atoms with Gasteiger partial charge in [0.25, 0.3) is 0 Å². The zero-order chi connectivity index (χ0) is 9.90. The first-order valence-electron chi connectivity index (χ1n) is 4.50. The van der Waals surface area contributed by atoms with Crippen molar-refractivity contribution in [2.75, 3.05) is 6.61 Å². The first kappa shape index (κ1) is 10.5. The fourth-order valence-corrected chi connectivity index (χ4v) is 1.74. The van der Waals surface area contributed by atoms with Gasteiger partial charge in [-0.15, -0.1) is 0 Å². The van der Waals surface area contributed by atoms with Gasteiger partial charge in [0.05, 0.1) is 6.61 Å². The van der Waals surface area contributed by atoms with E-state index in [-0.39, 0.29) is 12.4 Å². The zero-order valence-electron chi connectivity index (χ0n) is 7.64. The molecule has 1 atom stereocenters. The van der Waals surface area contributed by atoms with Crippen LogP contribution in [0.3, 0.4) is 0 Å². The van der Waals surface area contributed by atoms with Gasteiger partial charge in [0.2, 0.25) is 0 Å². The number of hydrogen-bond acceptors (Lipinski definition) is 3. The van der Waals surface area contributed by atoms with Gasteiger partial charge in [0, 0.05) is 6.42 Å². The molecule has 0 saturated heterocycles. The average Bonchev–Trinajstić information content (AvgIpc) is 2.11. The molecule has 0 heterocycles. The molecule has 1 aliphatic carbocycles. The van der Waals surface area contributed by atoms with Gasteiger partial charge in [-0.1, -0.05) is 18.0 Å². The number of carbonyl (C=O) groups excluding carboxylic acids is 2. The summed E-state index contributed by atoms with van der Waals surface area (Å²) in [6.07, 6.45) is 2.44. The number of halogens is 1. The van der Waals surface area contributed by atoms with Crippen molar-refractivity contribution in [3.8, 4) is 0 Å². The smallest absolute Gasteiger partial charge is 0.334 e. The van der Waals surface area contributed by atoms with Crippen LogP contribution in [-0.4, -0.2) is 23.2 Å². The number of alkyl halides is 1. The van der Waals surface area contributed by atoms with Crippen molar-refractivity contribution in [2.45, 2.75) is 37.5 Å². The Hall–Kier alpha value is -0.570.